The molecule has 0 aromatic heterocycles. The van der Waals surface area contributed by atoms with Gasteiger partial charge in [0, 0.05) is 13.0 Å². The molecule has 1 saturated carbocycles. The molecule has 33 heavy (non-hydrogen) atoms. The summed E-state index contributed by atoms with van der Waals surface area (Å²) in [6.07, 6.45) is 3.08. The first-order valence-corrected chi connectivity index (χ1v) is 11.9. The van der Waals surface area contributed by atoms with Gasteiger partial charge in [0.15, 0.2) is 0 Å². The summed E-state index contributed by atoms with van der Waals surface area (Å²) in [5, 5.41) is 10.3. The van der Waals surface area contributed by atoms with E-state index in [-0.39, 0.29) is 18.6 Å². The molecular formula is C29H31NO3. The van der Waals surface area contributed by atoms with Gasteiger partial charge in [-0.15, -0.1) is 0 Å². The summed E-state index contributed by atoms with van der Waals surface area (Å²) in [5.41, 5.74) is 5.62. The van der Waals surface area contributed by atoms with Gasteiger partial charge in [0.2, 0.25) is 0 Å². The van der Waals surface area contributed by atoms with E-state index in [1.807, 2.05) is 18.2 Å². The van der Waals surface area contributed by atoms with Crippen molar-refractivity contribution >= 4 is 6.09 Å². The van der Waals surface area contributed by atoms with E-state index in [0.29, 0.717) is 12.5 Å². The maximum atomic E-state index is 13.1. The van der Waals surface area contributed by atoms with Gasteiger partial charge in [-0.3, -0.25) is 0 Å². The topological polar surface area (TPSA) is 49.8 Å². The molecule has 5 rings (SSSR count). The van der Waals surface area contributed by atoms with Crippen molar-refractivity contribution in [3.8, 4) is 11.1 Å². The zero-order valence-electron chi connectivity index (χ0n) is 19.1. The summed E-state index contributed by atoms with van der Waals surface area (Å²) >= 11 is 0. The lowest BCUT2D eigenvalue weighted by molar-refractivity contribution is 0.00676. The minimum absolute atomic E-state index is 0.0358. The number of rotatable bonds is 5. The second kappa shape index (κ2) is 9.03. The summed E-state index contributed by atoms with van der Waals surface area (Å²) in [6, 6.07) is 27.2. The van der Waals surface area contributed by atoms with E-state index in [1.165, 1.54) is 27.8 Å². The average Bonchev–Trinajstić information content (AvgIpc) is 3.21. The quantitative estimate of drug-likeness (QED) is 0.532. The second-order valence-electron chi connectivity index (χ2n) is 9.43. The Kier molecular flexibility index (Phi) is 5.94. The Labute approximate surface area is 195 Å². The molecule has 3 aromatic rings. The number of likely N-dealkylation sites (N-methyl/N-ethyl adjacent to an activating group) is 1. The van der Waals surface area contributed by atoms with Gasteiger partial charge >= 0.3 is 6.09 Å². The first-order chi connectivity index (χ1) is 16.1. The van der Waals surface area contributed by atoms with Crippen molar-refractivity contribution in [1.29, 1.82) is 0 Å². The number of ether oxygens (including phenoxy) is 1. The molecule has 2 aliphatic carbocycles. The van der Waals surface area contributed by atoms with E-state index in [0.717, 1.165) is 25.7 Å². The third-order valence-corrected chi connectivity index (χ3v) is 7.80. The highest BCUT2D eigenvalue weighted by Gasteiger charge is 2.42. The zero-order valence-corrected chi connectivity index (χ0v) is 19.1. The van der Waals surface area contributed by atoms with Crippen LogP contribution in [0.2, 0.25) is 0 Å². The molecule has 0 spiro atoms. The zero-order chi connectivity index (χ0) is 22.8. The number of aliphatic hydroxyl groups excluding tert-OH is 1. The van der Waals surface area contributed by atoms with E-state index in [9.17, 15) is 9.90 Å². The molecule has 0 bridgehead atoms. The van der Waals surface area contributed by atoms with Gasteiger partial charge in [-0.2, -0.15) is 0 Å². The van der Waals surface area contributed by atoms with Gasteiger partial charge in [0.1, 0.15) is 6.61 Å². The Morgan fingerprint density at radius 1 is 0.909 bits per heavy atom. The van der Waals surface area contributed by atoms with Crippen LogP contribution in [0.25, 0.3) is 11.1 Å². The number of amides is 1. The first-order valence-electron chi connectivity index (χ1n) is 11.9. The van der Waals surface area contributed by atoms with Crippen molar-refractivity contribution in [3.63, 3.8) is 0 Å². The van der Waals surface area contributed by atoms with Crippen LogP contribution in [-0.2, 0) is 4.74 Å². The molecule has 3 aromatic carbocycles. The van der Waals surface area contributed by atoms with Gasteiger partial charge in [-0.05, 0) is 59.4 Å². The largest absolute Gasteiger partial charge is 0.448 e. The predicted molar refractivity (Wildman–Crippen MR) is 130 cm³/mol. The van der Waals surface area contributed by atoms with E-state index >= 15 is 0 Å². The van der Waals surface area contributed by atoms with Gasteiger partial charge in [0.05, 0.1) is 12.1 Å². The number of nitrogens with zero attached hydrogens (tertiary/aromatic N) is 1. The van der Waals surface area contributed by atoms with Crippen molar-refractivity contribution in [3.05, 3.63) is 95.6 Å². The van der Waals surface area contributed by atoms with Crippen LogP contribution in [0.1, 0.15) is 54.2 Å². The lowest BCUT2D eigenvalue weighted by Crippen LogP contribution is -2.54. The van der Waals surface area contributed by atoms with Gasteiger partial charge < -0.3 is 14.7 Å². The standard InChI is InChI=1S/C29H31NO3/c1-30(29(20-31)17-15-22(16-18-29)21-9-3-2-4-10-21)28(32)33-19-27-25-13-7-5-11-23(25)24-12-6-8-14-26(24)27/h2-14,22,27,31H,15-20H2,1H3. The highest BCUT2D eigenvalue weighted by atomic mass is 16.6. The highest BCUT2D eigenvalue weighted by molar-refractivity contribution is 5.79. The fraction of sp³-hybridized carbons (Fsp3) is 0.345. The summed E-state index contributed by atoms with van der Waals surface area (Å²) in [6.45, 7) is 0.251. The van der Waals surface area contributed by atoms with Crippen molar-refractivity contribution < 1.29 is 14.6 Å². The predicted octanol–water partition coefficient (Wildman–Crippen LogP) is 5.96. The number of carbonyl (C=O) groups is 1. The van der Waals surface area contributed by atoms with E-state index < -0.39 is 5.54 Å². The summed E-state index contributed by atoms with van der Waals surface area (Å²) in [5.74, 6) is 0.510. The van der Waals surface area contributed by atoms with Crippen LogP contribution in [0.5, 0.6) is 0 Å². The Balaban J connectivity index is 1.26. The maximum Gasteiger partial charge on any atom is 0.410 e. The van der Waals surface area contributed by atoms with Crippen molar-refractivity contribution in [2.45, 2.75) is 43.1 Å². The number of carbonyl (C=O) groups excluding carboxylic acids is 1. The Morgan fingerprint density at radius 2 is 1.45 bits per heavy atom. The normalized spacial score (nSPS) is 21.8. The molecule has 0 unspecified atom stereocenters. The third-order valence-electron chi connectivity index (χ3n) is 7.80. The minimum Gasteiger partial charge on any atom is -0.448 e. The van der Waals surface area contributed by atoms with Crippen LogP contribution >= 0.6 is 0 Å². The molecule has 0 atom stereocenters. The second-order valence-corrected chi connectivity index (χ2v) is 9.43. The van der Waals surface area contributed by atoms with Gasteiger partial charge in [-0.1, -0.05) is 78.9 Å². The molecule has 0 radical (unpaired) electrons. The first kappa shape index (κ1) is 21.7. The van der Waals surface area contributed by atoms with Gasteiger partial charge in [-0.25, -0.2) is 4.79 Å². The van der Waals surface area contributed by atoms with Crippen LogP contribution in [-0.4, -0.2) is 41.9 Å². The molecule has 1 amide bonds. The van der Waals surface area contributed by atoms with Crippen LogP contribution < -0.4 is 0 Å². The molecule has 2 aliphatic rings. The number of benzene rings is 3. The Bertz CT molecular complexity index is 1070. The number of hydrogen-bond donors (Lipinski definition) is 1. The monoisotopic (exact) mass is 441 g/mol. The minimum atomic E-state index is -0.562. The Morgan fingerprint density at radius 3 is 2.03 bits per heavy atom. The summed E-state index contributed by atoms with van der Waals surface area (Å²) in [7, 11) is 1.78. The smallest absolute Gasteiger partial charge is 0.410 e. The molecular weight excluding hydrogens is 410 g/mol. The molecule has 1 N–H and O–H groups in total. The molecule has 0 saturated heterocycles. The summed E-state index contributed by atoms with van der Waals surface area (Å²) < 4.78 is 5.87. The third kappa shape index (κ3) is 3.93. The molecule has 4 nitrogen and oxygen atoms in total. The molecule has 0 aliphatic heterocycles. The van der Waals surface area contributed by atoms with Crippen LogP contribution in [0.15, 0.2) is 78.9 Å². The highest BCUT2D eigenvalue weighted by Crippen LogP contribution is 2.45. The van der Waals surface area contributed by atoms with E-state index in [1.54, 1.807) is 11.9 Å². The van der Waals surface area contributed by atoms with Crippen molar-refractivity contribution in [2.24, 2.45) is 0 Å². The lowest BCUT2D eigenvalue weighted by Gasteiger charge is -2.44. The van der Waals surface area contributed by atoms with Crippen LogP contribution in [0, 0.1) is 0 Å². The molecule has 4 heteroatoms. The van der Waals surface area contributed by atoms with E-state index in [2.05, 4.69) is 60.7 Å². The fourth-order valence-electron chi connectivity index (χ4n) is 5.70. The van der Waals surface area contributed by atoms with Crippen molar-refractivity contribution in [2.75, 3.05) is 20.3 Å². The lowest BCUT2D eigenvalue weighted by atomic mass is 9.74. The molecule has 0 heterocycles. The van der Waals surface area contributed by atoms with Crippen LogP contribution in [0.4, 0.5) is 4.79 Å². The number of hydrogen-bond acceptors (Lipinski definition) is 3. The van der Waals surface area contributed by atoms with E-state index in [4.69, 9.17) is 4.74 Å². The number of fused-ring (bicyclic) bond motifs is 3. The summed E-state index contributed by atoms with van der Waals surface area (Å²) in [4.78, 5) is 14.8. The Hall–Kier alpha value is -3.11. The maximum absolute atomic E-state index is 13.1. The van der Waals surface area contributed by atoms with Crippen molar-refractivity contribution in [1.82, 2.24) is 4.90 Å². The molecule has 1 fully saturated rings. The van der Waals surface area contributed by atoms with Gasteiger partial charge in [0.25, 0.3) is 0 Å². The fourth-order valence-corrected chi connectivity index (χ4v) is 5.70. The SMILES string of the molecule is CN(C(=O)OCC1c2ccccc2-c2ccccc21)C1(CO)CCC(c2ccccc2)CC1. The number of aliphatic hydroxyl groups is 1. The molecule has 170 valence electrons. The average molecular weight is 442 g/mol. The van der Waals surface area contributed by atoms with Crippen LogP contribution in [0.3, 0.4) is 0 Å².